The molecule has 0 spiro atoms. The summed E-state index contributed by atoms with van der Waals surface area (Å²) in [5.74, 6) is 2.14. The number of anilines is 2. The van der Waals surface area contributed by atoms with E-state index in [1.54, 1.807) is 12.1 Å². The Kier molecular flexibility index (Phi) is 8.24. The number of halogens is 5. The monoisotopic (exact) mass is 602 g/mol. The average Bonchev–Trinajstić information content (AvgIpc) is 2.47. The van der Waals surface area contributed by atoms with Crippen molar-refractivity contribution < 1.29 is 8.78 Å². The molecule has 0 bridgehead atoms. The smallest absolute Gasteiger partial charge is 0.229 e. The number of rotatable bonds is 0. The van der Waals surface area contributed by atoms with Crippen LogP contribution in [0.4, 0.5) is 20.4 Å². The fraction of sp³-hybridized carbons (Fsp3) is 0.200. The van der Waals surface area contributed by atoms with Crippen LogP contribution >= 0.6 is 54.5 Å². The molecular formula is C15H15Br2F2IN4Si. The Balaban J connectivity index is 0.000000271. The van der Waals surface area contributed by atoms with E-state index in [9.17, 15) is 8.78 Å². The van der Waals surface area contributed by atoms with E-state index in [0.29, 0.717) is 10.0 Å². The third kappa shape index (κ3) is 7.55. The van der Waals surface area contributed by atoms with Gasteiger partial charge >= 0.3 is 0 Å². The van der Waals surface area contributed by atoms with Crippen molar-refractivity contribution in [2.45, 2.75) is 19.6 Å². The van der Waals surface area contributed by atoms with Crippen LogP contribution in [0.3, 0.4) is 0 Å². The average molecular weight is 604 g/mol. The van der Waals surface area contributed by atoms with Crippen molar-refractivity contribution in [3.8, 4) is 11.5 Å². The van der Waals surface area contributed by atoms with Gasteiger partial charge in [-0.15, -0.1) is 5.54 Å². The number of pyridine rings is 2. The van der Waals surface area contributed by atoms with Gasteiger partial charge in [0.1, 0.15) is 19.7 Å². The van der Waals surface area contributed by atoms with Crippen molar-refractivity contribution in [1.82, 2.24) is 9.97 Å². The minimum Gasteiger partial charge on any atom is -0.383 e. The molecular weight excluding hydrogens is 589 g/mol. The Morgan fingerprint density at radius 1 is 1.00 bits per heavy atom. The van der Waals surface area contributed by atoms with Gasteiger partial charge in [-0.3, -0.25) is 0 Å². The van der Waals surface area contributed by atoms with Crippen LogP contribution in [0, 0.1) is 26.9 Å². The van der Waals surface area contributed by atoms with Gasteiger partial charge in [-0.1, -0.05) is 25.6 Å². The third-order valence-electron chi connectivity index (χ3n) is 2.45. The molecule has 2 aromatic heterocycles. The van der Waals surface area contributed by atoms with Crippen molar-refractivity contribution in [2.24, 2.45) is 0 Å². The molecule has 0 aromatic carbocycles. The van der Waals surface area contributed by atoms with Gasteiger partial charge in [0, 0.05) is 0 Å². The predicted octanol–water partition coefficient (Wildman–Crippen LogP) is 4.96. The van der Waals surface area contributed by atoms with Crippen molar-refractivity contribution in [2.75, 3.05) is 11.5 Å². The van der Waals surface area contributed by atoms with Crippen LogP contribution < -0.4 is 11.5 Å². The summed E-state index contributed by atoms with van der Waals surface area (Å²) in [6, 6.07) is 3.14. The third-order valence-corrected chi connectivity index (χ3v) is 5.30. The number of nitrogens with zero attached hydrogens (tertiary/aromatic N) is 2. The van der Waals surface area contributed by atoms with E-state index in [1.807, 2.05) is 22.6 Å². The SMILES string of the molecule is C[Si](C)(C)C#Cc1cc(Br)c(F)nc1N.Nc1nc(F)c(Br)cc1I. The van der Waals surface area contributed by atoms with Gasteiger partial charge in [-0.05, 0) is 66.6 Å². The molecule has 2 aromatic rings. The highest BCUT2D eigenvalue weighted by Crippen LogP contribution is 2.20. The maximum absolute atomic E-state index is 13.0. The molecule has 0 amide bonds. The molecule has 0 radical (unpaired) electrons. The first kappa shape index (κ1) is 22.3. The molecule has 0 unspecified atom stereocenters. The fourth-order valence-electron chi connectivity index (χ4n) is 1.29. The van der Waals surface area contributed by atoms with E-state index in [2.05, 4.69) is 72.9 Å². The van der Waals surface area contributed by atoms with Crippen molar-refractivity contribution in [3.63, 3.8) is 0 Å². The molecule has 0 fully saturated rings. The maximum Gasteiger partial charge on any atom is 0.229 e. The zero-order valence-electron chi connectivity index (χ0n) is 13.6. The quantitative estimate of drug-likeness (QED) is 0.193. The van der Waals surface area contributed by atoms with Crippen LogP contribution in [0.5, 0.6) is 0 Å². The Morgan fingerprint density at radius 3 is 1.96 bits per heavy atom. The summed E-state index contributed by atoms with van der Waals surface area (Å²) in [5, 5.41) is 0. The molecule has 4 nitrogen and oxygen atoms in total. The molecule has 0 aliphatic heterocycles. The Morgan fingerprint density at radius 2 is 1.48 bits per heavy atom. The first-order chi connectivity index (χ1) is 11.4. The molecule has 2 heterocycles. The molecule has 0 saturated heterocycles. The summed E-state index contributed by atoms with van der Waals surface area (Å²) >= 11 is 8.02. The van der Waals surface area contributed by atoms with Gasteiger partial charge in [-0.2, -0.15) is 8.78 Å². The lowest BCUT2D eigenvalue weighted by Crippen LogP contribution is -2.16. The number of hydrogen-bond acceptors (Lipinski definition) is 4. The molecule has 134 valence electrons. The predicted molar refractivity (Wildman–Crippen MR) is 116 cm³/mol. The van der Waals surface area contributed by atoms with Gasteiger partial charge < -0.3 is 11.5 Å². The molecule has 25 heavy (non-hydrogen) atoms. The van der Waals surface area contributed by atoms with E-state index in [0.717, 1.165) is 3.57 Å². The summed E-state index contributed by atoms with van der Waals surface area (Å²) in [6.07, 6.45) is 0. The van der Waals surface area contributed by atoms with Crippen LogP contribution in [-0.2, 0) is 0 Å². The van der Waals surface area contributed by atoms with Gasteiger partial charge in [0.15, 0.2) is 0 Å². The first-order valence-corrected chi connectivity index (χ1v) is 13.0. The first-order valence-electron chi connectivity index (χ1n) is 6.82. The fourth-order valence-corrected chi connectivity index (χ4v) is 3.30. The van der Waals surface area contributed by atoms with E-state index in [4.69, 9.17) is 11.5 Å². The van der Waals surface area contributed by atoms with Gasteiger partial charge in [0.2, 0.25) is 11.9 Å². The van der Waals surface area contributed by atoms with Crippen LogP contribution in [0.15, 0.2) is 21.1 Å². The number of nitrogen functional groups attached to an aromatic ring is 2. The number of nitrogens with two attached hydrogens (primary N) is 2. The molecule has 2 rings (SSSR count). The highest BCUT2D eigenvalue weighted by molar-refractivity contribution is 14.1. The van der Waals surface area contributed by atoms with Gasteiger partial charge in [-0.25, -0.2) is 9.97 Å². The molecule has 0 aliphatic carbocycles. The number of aromatic nitrogens is 2. The minimum atomic E-state index is -1.45. The largest absolute Gasteiger partial charge is 0.383 e. The molecule has 0 aliphatic rings. The Hall–Kier alpha value is -0.773. The van der Waals surface area contributed by atoms with E-state index < -0.39 is 20.0 Å². The van der Waals surface area contributed by atoms with E-state index >= 15 is 0 Å². The Bertz CT molecular complexity index is 798. The molecule has 0 saturated carbocycles. The standard InChI is InChI=1S/C10H12BrFN2Si.C5H3BrFIN2/c1-15(2,3)5-4-7-6-8(11)9(12)14-10(7)13;6-2-1-3(8)5(9)10-4(2)7/h6H,1-3H3,(H2,13,14);1H,(H2,9,10). The normalized spacial score (nSPS) is 10.4. The molecule has 4 N–H and O–H groups in total. The second kappa shape index (κ2) is 9.25. The van der Waals surface area contributed by atoms with Crippen LogP contribution in [0.2, 0.25) is 19.6 Å². The lowest BCUT2D eigenvalue weighted by molar-refractivity contribution is 0.578. The van der Waals surface area contributed by atoms with Crippen LogP contribution in [0.1, 0.15) is 5.56 Å². The minimum absolute atomic E-state index is 0.140. The topological polar surface area (TPSA) is 77.8 Å². The van der Waals surface area contributed by atoms with Crippen molar-refractivity contribution >= 4 is 74.2 Å². The summed E-state index contributed by atoms with van der Waals surface area (Å²) < 4.78 is 26.8. The summed E-state index contributed by atoms with van der Waals surface area (Å²) in [4.78, 5) is 6.98. The van der Waals surface area contributed by atoms with Crippen LogP contribution in [0.25, 0.3) is 0 Å². The van der Waals surface area contributed by atoms with E-state index in [1.165, 1.54) is 0 Å². The second-order valence-electron chi connectivity index (χ2n) is 5.82. The second-order valence-corrected chi connectivity index (χ2v) is 13.4. The Labute approximate surface area is 176 Å². The lowest BCUT2D eigenvalue weighted by Gasteiger charge is -2.04. The van der Waals surface area contributed by atoms with E-state index in [-0.39, 0.29) is 16.1 Å². The highest BCUT2D eigenvalue weighted by atomic mass is 127. The summed E-state index contributed by atoms with van der Waals surface area (Å²) in [6.45, 7) is 6.38. The summed E-state index contributed by atoms with van der Waals surface area (Å²) in [7, 11) is -1.45. The summed E-state index contributed by atoms with van der Waals surface area (Å²) in [5.41, 5.74) is 14.6. The van der Waals surface area contributed by atoms with Gasteiger partial charge in [0.05, 0.1) is 18.1 Å². The maximum atomic E-state index is 13.0. The van der Waals surface area contributed by atoms with Crippen molar-refractivity contribution in [3.05, 3.63) is 42.1 Å². The molecule has 0 atom stereocenters. The van der Waals surface area contributed by atoms with Gasteiger partial charge in [0.25, 0.3) is 0 Å². The van der Waals surface area contributed by atoms with Crippen molar-refractivity contribution in [1.29, 1.82) is 0 Å². The lowest BCUT2D eigenvalue weighted by atomic mass is 10.3. The highest BCUT2D eigenvalue weighted by Gasteiger charge is 2.09. The zero-order chi connectivity index (χ0) is 19.4. The molecule has 10 heteroatoms. The zero-order valence-corrected chi connectivity index (χ0v) is 19.9. The number of hydrogen-bond donors (Lipinski definition) is 2. The van der Waals surface area contributed by atoms with Crippen LogP contribution in [-0.4, -0.2) is 18.0 Å².